The number of hydrogen-bond acceptors (Lipinski definition) is 1. The summed E-state index contributed by atoms with van der Waals surface area (Å²) in [4.78, 5) is 0. The second-order valence-electron chi connectivity index (χ2n) is 3.66. The molecule has 0 saturated carbocycles. The number of nitrogens with two attached hydrogens (primary N) is 1. The second-order valence-corrected chi connectivity index (χ2v) is 3.66. The van der Waals surface area contributed by atoms with Crippen molar-refractivity contribution in [3.8, 4) is 0 Å². The molecule has 9 heteroatoms. The van der Waals surface area contributed by atoms with E-state index < -0.39 is 36.2 Å². The first-order valence-corrected chi connectivity index (χ1v) is 4.69. The van der Waals surface area contributed by atoms with E-state index in [2.05, 4.69) is 0 Å². The van der Waals surface area contributed by atoms with Crippen molar-refractivity contribution < 1.29 is 30.7 Å². The predicted molar refractivity (Wildman–Crippen MR) is 56.3 cm³/mol. The van der Waals surface area contributed by atoms with Crippen LogP contribution in [-0.2, 0) is 6.18 Å². The minimum Gasteiger partial charge on any atom is -0.324 e. The summed E-state index contributed by atoms with van der Waals surface area (Å²) in [5.74, 6) is -1.64. The zero-order valence-corrected chi connectivity index (χ0v) is 9.96. The van der Waals surface area contributed by atoms with E-state index in [1.807, 2.05) is 0 Å². The minimum atomic E-state index is -4.89. The van der Waals surface area contributed by atoms with Crippen molar-refractivity contribution in [2.75, 3.05) is 0 Å². The molecule has 0 saturated heterocycles. The van der Waals surface area contributed by atoms with Crippen molar-refractivity contribution in [2.24, 2.45) is 5.73 Å². The number of benzene rings is 1. The first kappa shape index (κ1) is 18.0. The molecule has 0 aliphatic heterocycles. The lowest BCUT2D eigenvalue weighted by atomic mass is 10.0. The van der Waals surface area contributed by atoms with Crippen molar-refractivity contribution >= 4 is 12.4 Å². The Kier molecular flexibility index (Phi) is 5.64. The molecule has 0 bridgehead atoms. The Balaban J connectivity index is 0.00000324. The SMILES string of the molecule is Cl.N[C@H](CC(F)(F)F)c1ccc(C(F)(F)F)c(F)c1. The maximum absolute atomic E-state index is 13.1. The largest absolute Gasteiger partial charge is 0.419 e. The molecule has 0 amide bonds. The fraction of sp³-hybridized carbons (Fsp3) is 0.400. The first-order chi connectivity index (χ1) is 8.00. The maximum Gasteiger partial charge on any atom is 0.419 e. The van der Waals surface area contributed by atoms with Crippen LogP contribution in [0.1, 0.15) is 23.6 Å². The van der Waals surface area contributed by atoms with Gasteiger partial charge in [0, 0.05) is 6.04 Å². The lowest BCUT2D eigenvalue weighted by Crippen LogP contribution is -2.20. The Labute approximate surface area is 110 Å². The molecule has 1 rings (SSSR count). The van der Waals surface area contributed by atoms with Crippen LogP contribution in [-0.4, -0.2) is 6.18 Å². The summed E-state index contributed by atoms with van der Waals surface area (Å²) >= 11 is 0. The molecular weight excluding hydrogens is 303 g/mol. The van der Waals surface area contributed by atoms with Gasteiger partial charge in [0.15, 0.2) is 0 Å². The molecule has 0 unspecified atom stereocenters. The highest BCUT2D eigenvalue weighted by molar-refractivity contribution is 5.85. The van der Waals surface area contributed by atoms with Crippen molar-refractivity contribution in [3.05, 3.63) is 35.1 Å². The quantitative estimate of drug-likeness (QED) is 0.813. The third kappa shape index (κ3) is 5.23. The Morgan fingerprint density at radius 3 is 1.95 bits per heavy atom. The summed E-state index contributed by atoms with van der Waals surface area (Å²) in [5.41, 5.74) is 3.27. The van der Waals surface area contributed by atoms with Crippen molar-refractivity contribution in [1.29, 1.82) is 0 Å². The van der Waals surface area contributed by atoms with Crippen LogP contribution >= 0.6 is 12.4 Å². The van der Waals surface area contributed by atoms with E-state index in [0.29, 0.717) is 12.1 Å². The zero-order chi connectivity index (χ0) is 14.1. The maximum atomic E-state index is 13.1. The molecule has 0 aliphatic carbocycles. The number of rotatable bonds is 2. The average Bonchev–Trinajstić information content (AvgIpc) is 2.12. The lowest BCUT2D eigenvalue weighted by molar-refractivity contribution is -0.141. The molecule has 0 radical (unpaired) electrons. The molecule has 19 heavy (non-hydrogen) atoms. The highest BCUT2D eigenvalue weighted by Crippen LogP contribution is 2.34. The van der Waals surface area contributed by atoms with Crippen LogP contribution in [0.4, 0.5) is 30.7 Å². The van der Waals surface area contributed by atoms with E-state index in [1.54, 1.807) is 0 Å². The van der Waals surface area contributed by atoms with Gasteiger partial charge in [-0.2, -0.15) is 26.3 Å². The molecule has 0 aliphatic rings. The van der Waals surface area contributed by atoms with E-state index in [-0.39, 0.29) is 18.0 Å². The third-order valence-electron chi connectivity index (χ3n) is 2.18. The van der Waals surface area contributed by atoms with Crippen LogP contribution in [0.5, 0.6) is 0 Å². The van der Waals surface area contributed by atoms with Gasteiger partial charge in [-0.1, -0.05) is 6.07 Å². The molecule has 1 nitrogen and oxygen atoms in total. The molecule has 110 valence electrons. The highest BCUT2D eigenvalue weighted by atomic mass is 35.5. The van der Waals surface area contributed by atoms with E-state index >= 15 is 0 Å². The fourth-order valence-electron chi connectivity index (χ4n) is 1.36. The van der Waals surface area contributed by atoms with Crippen LogP contribution in [0.3, 0.4) is 0 Å². The van der Waals surface area contributed by atoms with Crippen LogP contribution in [0.2, 0.25) is 0 Å². The summed E-state index contributed by atoms with van der Waals surface area (Å²) in [6.45, 7) is 0. The van der Waals surface area contributed by atoms with Gasteiger partial charge in [-0.05, 0) is 17.7 Å². The van der Waals surface area contributed by atoms with Gasteiger partial charge in [0.25, 0.3) is 0 Å². The van der Waals surface area contributed by atoms with Crippen LogP contribution in [0, 0.1) is 5.82 Å². The van der Waals surface area contributed by atoms with Crippen molar-refractivity contribution in [2.45, 2.75) is 24.8 Å². The van der Waals surface area contributed by atoms with E-state index in [0.717, 1.165) is 6.07 Å². The van der Waals surface area contributed by atoms with Gasteiger partial charge < -0.3 is 5.73 Å². The molecule has 2 N–H and O–H groups in total. The third-order valence-corrected chi connectivity index (χ3v) is 2.18. The minimum absolute atomic E-state index is 0. The van der Waals surface area contributed by atoms with Crippen LogP contribution in [0.15, 0.2) is 18.2 Å². The Hall–Kier alpha value is -1.02. The smallest absolute Gasteiger partial charge is 0.324 e. The second kappa shape index (κ2) is 5.96. The van der Waals surface area contributed by atoms with Gasteiger partial charge in [0.2, 0.25) is 0 Å². The normalized spacial score (nSPS) is 13.9. The van der Waals surface area contributed by atoms with Crippen LogP contribution in [0.25, 0.3) is 0 Å². The lowest BCUT2D eigenvalue weighted by Gasteiger charge is -2.16. The number of alkyl halides is 6. The van der Waals surface area contributed by atoms with E-state index in [9.17, 15) is 30.7 Å². The summed E-state index contributed by atoms with van der Waals surface area (Å²) in [7, 11) is 0. The summed E-state index contributed by atoms with van der Waals surface area (Å²) in [5, 5.41) is 0. The van der Waals surface area contributed by atoms with Gasteiger partial charge >= 0.3 is 12.4 Å². The number of hydrogen-bond donors (Lipinski definition) is 1. The summed E-state index contributed by atoms with van der Waals surface area (Å²) in [6.07, 6.45) is -10.9. The van der Waals surface area contributed by atoms with Crippen molar-refractivity contribution in [1.82, 2.24) is 0 Å². The molecule has 0 spiro atoms. The Bertz CT molecular complexity index is 427. The van der Waals surface area contributed by atoms with E-state index in [4.69, 9.17) is 5.73 Å². The standard InChI is InChI=1S/C10H8F7N.ClH/c11-7-3-5(8(18)4-9(12,13)14)1-2-6(7)10(15,16)17;/h1-3,8H,4,18H2;1H/t8-;/m1./s1. The average molecular weight is 312 g/mol. The van der Waals surface area contributed by atoms with Gasteiger partial charge in [-0.25, -0.2) is 4.39 Å². The Morgan fingerprint density at radius 2 is 1.58 bits per heavy atom. The highest BCUT2D eigenvalue weighted by Gasteiger charge is 2.35. The zero-order valence-electron chi connectivity index (χ0n) is 9.15. The first-order valence-electron chi connectivity index (χ1n) is 4.69. The van der Waals surface area contributed by atoms with Gasteiger partial charge in [0.05, 0.1) is 12.0 Å². The molecule has 1 atom stereocenters. The van der Waals surface area contributed by atoms with Gasteiger partial charge in [-0.3, -0.25) is 0 Å². The fourth-order valence-corrected chi connectivity index (χ4v) is 1.36. The molecule has 0 heterocycles. The van der Waals surface area contributed by atoms with Crippen molar-refractivity contribution in [3.63, 3.8) is 0 Å². The van der Waals surface area contributed by atoms with E-state index in [1.165, 1.54) is 0 Å². The molecule has 1 aromatic carbocycles. The summed E-state index contributed by atoms with van der Waals surface area (Å²) < 4.78 is 85.7. The monoisotopic (exact) mass is 311 g/mol. The molecular formula is C10H9ClF7N. The molecule has 1 aromatic rings. The topological polar surface area (TPSA) is 26.0 Å². The predicted octanol–water partition coefficient (Wildman–Crippen LogP) is 4.22. The Morgan fingerprint density at radius 1 is 1.05 bits per heavy atom. The molecule has 0 aromatic heterocycles. The van der Waals surface area contributed by atoms with Crippen LogP contribution < -0.4 is 5.73 Å². The van der Waals surface area contributed by atoms with Gasteiger partial charge in [0.1, 0.15) is 5.82 Å². The molecule has 0 fully saturated rings. The van der Waals surface area contributed by atoms with Gasteiger partial charge in [-0.15, -0.1) is 12.4 Å². The summed E-state index contributed by atoms with van der Waals surface area (Å²) in [6, 6.07) is -0.107. The number of halogens is 8.